The summed E-state index contributed by atoms with van der Waals surface area (Å²) >= 11 is 0. The number of amides is 1. The van der Waals surface area contributed by atoms with E-state index >= 15 is 0 Å². The Bertz CT molecular complexity index is 742. The standard InChI is InChI=1S/C15H17NO6S/c17-12(10-1-3-13-14(7-10)22-9-21-13)2-4-15(18)16-11-5-6-23(19,20)8-11/h1,3,7,11H,2,4-6,8-9H2,(H,16,18). The van der Waals surface area contributed by atoms with Gasteiger partial charge in [-0.15, -0.1) is 0 Å². The highest BCUT2D eigenvalue weighted by Gasteiger charge is 2.28. The fourth-order valence-corrected chi connectivity index (χ4v) is 4.32. The number of ether oxygens (including phenoxy) is 2. The Labute approximate surface area is 133 Å². The molecule has 1 atom stereocenters. The van der Waals surface area contributed by atoms with Crippen LogP contribution in [-0.2, 0) is 14.6 Å². The van der Waals surface area contributed by atoms with Crippen LogP contribution in [-0.4, -0.2) is 44.4 Å². The monoisotopic (exact) mass is 339 g/mol. The van der Waals surface area contributed by atoms with Crippen molar-refractivity contribution in [2.24, 2.45) is 0 Å². The summed E-state index contributed by atoms with van der Waals surface area (Å²) in [6.07, 6.45) is 0.527. The first-order valence-electron chi connectivity index (χ1n) is 7.35. The second-order valence-electron chi connectivity index (χ2n) is 5.66. The van der Waals surface area contributed by atoms with Crippen LogP contribution in [0.4, 0.5) is 0 Å². The number of hydrogen-bond donors (Lipinski definition) is 1. The molecule has 1 aromatic rings. The molecular weight excluding hydrogens is 322 g/mol. The Hall–Kier alpha value is -2.09. The van der Waals surface area contributed by atoms with Crippen LogP contribution in [0.3, 0.4) is 0 Å². The van der Waals surface area contributed by atoms with Crippen LogP contribution in [0.5, 0.6) is 11.5 Å². The molecule has 23 heavy (non-hydrogen) atoms. The summed E-state index contributed by atoms with van der Waals surface area (Å²) in [6, 6.07) is 4.57. The molecule has 1 unspecified atom stereocenters. The molecule has 8 heteroatoms. The topological polar surface area (TPSA) is 98.8 Å². The molecule has 1 saturated heterocycles. The zero-order valence-electron chi connectivity index (χ0n) is 12.4. The molecule has 2 aliphatic heterocycles. The lowest BCUT2D eigenvalue weighted by Gasteiger charge is -2.10. The average molecular weight is 339 g/mol. The van der Waals surface area contributed by atoms with Crippen molar-refractivity contribution in [3.63, 3.8) is 0 Å². The summed E-state index contributed by atoms with van der Waals surface area (Å²) in [5, 5.41) is 2.67. The Morgan fingerprint density at radius 3 is 2.70 bits per heavy atom. The van der Waals surface area contributed by atoms with E-state index in [1.165, 1.54) is 0 Å². The van der Waals surface area contributed by atoms with Crippen molar-refractivity contribution < 1.29 is 27.5 Å². The van der Waals surface area contributed by atoms with Crippen LogP contribution in [0.2, 0.25) is 0 Å². The smallest absolute Gasteiger partial charge is 0.231 e. The quantitative estimate of drug-likeness (QED) is 0.792. The van der Waals surface area contributed by atoms with E-state index in [4.69, 9.17) is 9.47 Å². The molecule has 1 N–H and O–H groups in total. The summed E-state index contributed by atoms with van der Waals surface area (Å²) < 4.78 is 33.1. The summed E-state index contributed by atoms with van der Waals surface area (Å²) in [7, 11) is -3.03. The molecule has 3 rings (SSSR count). The van der Waals surface area contributed by atoms with E-state index < -0.39 is 9.84 Å². The highest BCUT2D eigenvalue weighted by atomic mass is 32.2. The molecule has 2 aliphatic rings. The molecule has 0 spiro atoms. The van der Waals surface area contributed by atoms with E-state index in [1.807, 2.05) is 0 Å². The normalized spacial score (nSPS) is 21.1. The van der Waals surface area contributed by atoms with Crippen LogP contribution < -0.4 is 14.8 Å². The van der Waals surface area contributed by atoms with Gasteiger partial charge in [0, 0.05) is 24.4 Å². The molecule has 0 bridgehead atoms. The number of nitrogens with one attached hydrogen (secondary N) is 1. The molecule has 7 nitrogen and oxygen atoms in total. The first kappa shape index (κ1) is 15.8. The van der Waals surface area contributed by atoms with E-state index in [-0.39, 0.29) is 48.9 Å². The predicted octanol–water partition coefficient (Wildman–Crippen LogP) is 0.681. The molecule has 1 aromatic carbocycles. The second kappa shape index (κ2) is 6.19. The van der Waals surface area contributed by atoms with E-state index in [1.54, 1.807) is 18.2 Å². The molecule has 2 heterocycles. The Kier molecular flexibility index (Phi) is 4.25. The van der Waals surface area contributed by atoms with Crippen LogP contribution in [0.15, 0.2) is 18.2 Å². The molecule has 0 aliphatic carbocycles. The number of sulfone groups is 1. The highest BCUT2D eigenvalue weighted by molar-refractivity contribution is 7.91. The second-order valence-corrected chi connectivity index (χ2v) is 7.89. The maximum absolute atomic E-state index is 12.1. The Balaban J connectivity index is 1.50. The van der Waals surface area contributed by atoms with Gasteiger partial charge in [-0.05, 0) is 24.6 Å². The van der Waals surface area contributed by atoms with Crippen molar-refractivity contribution in [3.8, 4) is 11.5 Å². The minimum absolute atomic E-state index is 0.0190. The minimum Gasteiger partial charge on any atom is -0.454 e. The van der Waals surface area contributed by atoms with Gasteiger partial charge in [0.1, 0.15) is 0 Å². The van der Waals surface area contributed by atoms with Crippen molar-refractivity contribution >= 4 is 21.5 Å². The van der Waals surface area contributed by atoms with Crippen molar-refractivity contribution in [1.29, 1.82) is 0 Å². The number of carbonyl (C=O) groups is 2. The van der Waals surface area contributed by atoms with Crippen molar-refractivity contribution in [2.45, 2.75) is 25.3 Å². The third kappa shape index (κ3) is 3.82. The van der Waals surface area contributed by atoms with Gasteiger partial charge in [0.2, 0.25) is 12.7 Å². The van der Waals surface area contributed by atoms with Crippen molar-refractivity contribution in [3.05, 3.63) is 23.8 Å². The average Bonchev–Trinajstić information content (AvgIpc) is 3.10. The highest BCUT2D eigenvalue weighted by Crippen LogP contribution is 2.32. The van der Waals surface area contributed by atoms with Gasteiger partial charge in [-0.3, -0.25) is 9.59 Å². The molecule has 1 fully saturated rings. The van der Waals surface area contributed by atoms with Gasteiger partial charge >= 0.3 is 0 Å². The fraction of sp³-hybridized carbons (Fsp3) is 0.467. The fourth-order valence-electron chi connectivity index (χ4n) is 2.65. The van der Waals surface area contributed by atoms with Gasteiger partial charge in [0.15, 0.2) is 27.1 Å². The molecule has 0 saturated carbocycles. The van der Waals surface area contributed by atoms with E-state index in [9.17, 15) is 18.0 Å². The number of carbonyl (C=O) groups excluding carboxylic acids is 2. The molecule has 124 valence electrons. The predicted molar refractivity (Wildman–Crippen MR) is 81.3 cm³/mol. The lowest BCUT2D eigenvalue weighted by atomic mass is 10.1. The number of benzene rings is 1. The number of rotatable bonds is 5. The molecule has 0 radical (unpaired) electrons. The van der Waals surface area contributed by atoms with E-state index in [2.05, 4.69) is 5.32 Å². The van der Waals surface area contributed by atoms with Gasteiger partial charge in [0.25, 0.3) is 0 Å². The minimum atomic E-state index is -3.03. The number of ketones is 1. The third-order valence-corrected chi connectivity index (χ3v) is 5.64. The Morgan fingerprint density at radius 1 is 1.17 bits per heavy atom. The number of hydrogen-bond acceptors (Lipinski definition) is 6. The molecular formula is C15H17NO6S. The SMILES string of the molecule is O=C(CCC(=O)c1ccc2c(c1)OCO2)NC1CCS(=O)(=O)C1. The zero-order valence-corrected chi connectivity index (χ0v) is 13.2. The number of Topliss-reactive ketones (excluding diaryl/α,β-unsaturated/α-hetero) is 1. The van der Waals surface area contributed by atoms with Gasteiger partial charge in [-0.1, -0.05) is 0 Å². The van der Waals surface area contributed by atoms with Crippen LogP contribution in [0.25, 0.3) is 0 Å². The molecule has 1 amide bonds. The lowest BCUT2D eigenvalue weighted by molar-refractivity contribution is -0.121. The van der Waals surface area contributed by atoms with Gasteiger partial charge < -0.3 is 14.8 Å². The maximum Gasteiger partial charge on any atom is 0.231 e. The van der Waals surface area contributed by atoms with Gasteiger partial charge in [-0.2, -0.15) is 0 Å². The van der Waals surface area contributed by atoms with Crippen molar-refractivity contribution in [2.75, 3.05) is 18.3 Å². The third-order valence-electron chi connectivity index (χ3n) is 3.87. The van der Waals surface area contributed by atoms with E-state index in [0.29, 0.717) is 23.5 Å². The van der Waals surface area contributed by atoms with Crippen LogP contribution in [0, 0.1) is 0 Å². The van der Waals surface area contributed by atoms with Gasteiger partial charge in [0.05, 0.1) is 11.5 Å². The lowest BCUT2D eigenvalue weighted by Crippen LogP contribution is -2.35. The van der Waals surface area contributed by atoms with Gasteiger partial charge in [-0.25, -0.2) is 8.42 Å². The maximum atomic E-state index is 12.1. The van der Waals surface area contributed by atoms with Crippen LogP contribution in [0.1, 0.15) is 29.6 Å². The first-order chi connectivity index (χ1) is 10.9. The Morgan fingerprint density at radius 2 is 1.96 bits per heavy atom. The summed E-state index contributed by atoms with van der Waals surface area (Å²) in [5.41, 5.74) is 0.463. The summed E-state index contributed by atoms with van der Waals surface area (Å²) in [4.78, 5) is 23.9. The summed E-state index contributed by atoms with van der Waals surface area (Å²) in [6.45, 7) is 0.139. The summed E-state index contributed by atoms with van der Waals surface area (Å²) in [5.74, 6) is 0.736. The first-order valence-corrected chi connectivity index (χ1v) is 9.18. The zero-order chi connectivity index (χ0) is 16.4. The van der Waals surface area contributed by atoms with Crippen molar-refractivity contribution in [1.82, 2.24) is 5.32 Å². The largest absolute Gasteiger partial charge is 0.454 e. The molecule has 0 aromatic heterocycles. The number of fused-ring (bicyclic) bond motifs is 1. The van der Waals surface area contributed by atoms with Crippen LogP contribution >= 0.6 is 0 Å². The van der Waals surface area contributed by atoms with E-state index in [0.717, 1.165) is 0 Å².